The topological polar surface area (TPSA) is 0 Å². The second kappa shape index (κ2) is 4.82. The van der Waals surface area contributed by atoms with Crippen molar-refractivity contribution in [2.75, 3.05) is 0 Å². The van der Waals surface area contributed by atoms with Gasteiger partial charge in [-0.05, 0) is 12.3 Å². The molecule has 0 saturated carbocycles. The lowest BCUT2D eigenvalue weighted by Crippen LogP contribution is -2.30. The van der Waals surface area contributed by atoms with Gasteiger partial charge in [0, 0.05) is 0 Å². The summed E-state index contributed by atoms with van der Waals surface area (Å²) in [6, 6.07) is 0. The molecule has 0 radical (unpaired) electrons. The predicted molar refractivity (Wildman–Crippen MR) is 44.2 cm³/mol. The van der Waals surface area contributed by atoms with E-state index < -0.39 is 18.3 Å². The van der Waals surface area contributed by atoms with E-state index in [0.29, 0.717) is 6.42 Å². The van der Waals surface area contributed by atoms with Gasteiger partial charge in [-0.1, -0.05) is 27.2 Å². The molecule has 0 aliphatic carbocycles. The maximum absolute atomic E-state index is 13.0. The van der Waals surface area contributed by atoms with Gasteiger partial charge in [-0.15, -0.1) is 0 Å². The van der Waals surface area contributed by atoms with Crippen molar-refractivity contribution in [3.63, 3.8) is 0 Å². The molecule has 0 aromatic carbocycles. The molecule has 0 aromatic rings. The first-order valence-corrected chi connectivity index (χ1v) is 4.49. The van der Waals surface area contributed by atoms with E-state index in [-0.39, 0.29) is 12.3 Å². The Labute approximate surface area is 76.3 Å². The van der Waals surface area contributed by atoms with Crippen LogP contribution < -0.4 is 0 Å². The molecular weight excluding hydrogens is 184 g/mol. The summed E-state index contributed by atoms with van der Waals surface area (Å²) < 4.78 is 49.1. The lowest BCUT2D eigenvalue weighted by molar-refractivity contribution is -0.186. The predicted octanol–water partition coefficient (Wildman–Crippen LogP) is 3.96. The average Bonchev–Trinajstić information content (AvgIpc) is 2.01. The Balaban J connectivity index is 4.03. The molecule has 0 aliphatic heterocycles. The van der Waals surface area contributed by atoms with E-state index in [4.69, 9.17) is 0 Å². The van der Waals surface area contributed by atoms with E-state index in [2.05, 4.69) is 0 Å². The summed E-state index contributed by atoms with van der Waals surface area (Å²) in [4.78, 5) is 0. The fourth-order valence-corrected chi connectivity index (χ4v) is 0.960. The van der Waals surface area contributed by atoms with Crippen LogP contribution in [0.4, 0.5) is 17.6 Å². The van der Waals surface area contributed by atoms with Crippen LogP contribution in [0.2, 0.25) is 0 Å². The maximum Gasteiger partial charge on any atom is 0.394 e. The molecule has 4 heteroatoms. The number of rotatable bonds is 4. The highest BCUT2D eigenvalue weighted by atomic mass is 19.4. The van der Waals surface area contributed by atoms with Gasteiger partial charge in [0.2, 0.25) is 0 Å². The van der Waals surface area contributed by atoms with Gasteiger partial charge in [0.1, 0.15) is 6.17 Å². The van der Waals surface area contributed by atoms with Gasteiger partial charge in [-0.3, -0.25) is 0 Å². The highest BCUT2D eigenvalue weighted by Crippen LogP contribution is 2.32. The first kappa shape index (κ1) is 12.7. The molecule has 0 rings (SSSR count). The Kier molecular flexibility index (Phi) is 4.71. The molecule has 0 aromatic heterocycles. The van der Waals surface area contributed by atoms with Crippen LogP contribution in [0.25, 0.3) is 0 Å². The fourth-order valence-electron chi connectivity index (χ4n) is 0.960. The lowest BCUT2D eigenvalue weighted by atomic mass is 9.94. The Hall–Kier alpha value is -0.280. The van der Waals surface area contributed by atoms with E-state index in [9.17, 15) is 17.6 Å². The SMILES string of the molecule is CCC(C)CC(F)C(C)C(F)(F)F. The third kappa shape index (κ3) is 4.48. The van der Waals surface area contributed by atoms with Crippen LogP contribution in [-0.2, 0) is 0 Å². The zero-order valence-corrected chi connectivity index (χ0v) is 8.16. The van der Waals surface area contributed by atoms with Crippen molar-refractivity contribution in [3.8, 4) is 0 Å². The Bertz CT molecular complexity index is 141. The van der Waals surface area contributed by atoms with Crippen molar-refractivity contribution in [1.82, 2.24) is 0 Å². The van der Waals surface area contributed by atoms with Crippen molar-refractivity contribution >= 4 is 0 Å². The minimum absolute atomic E-state index is 0.00280. The summed E-state index contributed by atoms with van der Waals surface area (Å²) in [5.74, 6) is -1.83. The highest BCUT2D eigenvalue weighted by molar-refractivity contribution is 4.73. The molecule has 0 spiro atoms. The smallest absolute Gasteiger partial charge is 0.247 e. The van der Waals surface area contributed by atoms with E-state index in [1.54, 1.807) is 6.92 Å². The molecule has 0 fully saturated rings. The third-order valence-corrected chi connectivity index (χ3v) is 2.38. The Morgan fingerprint density at radius 2 is 1.62 bits per heavy atom. The number of hydrogen-bond donors (Lipinski definition) is 0. The third-order valence-electron chi connectivity index (χ3n) is 2.38. The number of halogens is 4. The second-order valence-corrected chi connectivity index (χ2v) is 3.60. The normalized spacial score (nSPS) is 19.6. The van der Waals surface area contributed by atoms with Crippen LogP contribution in [0.15, 0.2) is 0 Å². The quantitative estimate of drug-likeness (QED) is 0.602. The molecule has 13 heavy (non-hydrogen) atoms. The molecule has 3 atom stereocenters. The van der Waals surface area contributed by atoms with Crippen molar-refractivity contribution in [1.29, 1.82) is 0 Å². The first-order valence-electron chi connectivity index (χ1n) is 4.49. The minimum atomic E-state index is -4.41. The molecule has 80 valence electrons. The van der Waals surface area contributed by atoms with Crippen molar-refractivity contribution < 1.29 is 17.6 Å². The Morgan fingerprint density at radius 3 is 1.92 bits per heavy atom. The highest BCUT2D eigenvalue weighted by Gasteiger charge is 2.41. The molecule has 0 saturated heterocycles. The van der Waals surface area contributed by atoms with Crippen LogP contribution in [0.5, 0.6) is 0 Å². The second-order valence-electron chi connectivity index (χ2n) is 3.60. The molecule has 3 unspecified atom stereocenters. The molecule has 0 nitrogen and oxygen atoms in total. The van der Waals surface area contributed by atoms with Crippen LogP contribution in [-0.4, -0.2) is 12.3 Å². The summed E-state index contributed by atoms with van der Waals surface area (Å²) in [7, 11) is 0. The molecule has 0 N–H and O–H groups in total. The summed E-state index contributed by atoms with van der Waals surface area (Å²) in [5, 5.41) is 0. The number of alkyl halides is 4. The fraction of sp³-hybridized carbons (Fsp3) is 1.00. The molecule has 0 bridgehead atoms. The monoisotopic (exact) mass is 200 g/mol. The standard InChI is InChI=1S/C9H16F4/c1-4-6(2)5-8(10)7(3)9(11,12)13/h6-8H,4-5H2,1-3H3. The largest absolute Gasteiger partial charge is 0.394 e. The van der Waals surface area contributed by atoms with Gasteiger partial charge in [0.25, 0.3) is 0 Å². The van der Waals surface area contributed by atoms with Gasteiger partial charge in [0.15, 0.2) is 0 Å². The van der Waals surface area contributed by atoms with Gasteiger partial charge >= 0.3 is 6.18 Å². The molecule has 0 amide bonds. The lowest BCUT2D eigenvalue weighted by Gasteiger charge is -2.21. The van der Waals surface area contributed by atoms with Crippen molar-refractivity contribution in [2.45, 2.75) is 46.0 Å². The van der Waals surface area contributed by atoms with Crippen molar-refractivity contribution in [2.24, 2.45) is 11.8 Å². The number of hydrogen-bond acceptors (Lipinski definition) is 0. The van der Waals surface area contributed by atoms with E-state index in [0.717, 1.165) is 6.92 Å². The first-order chi connectivity index (χ1) is 5.79. The minimum Gasteiger partial charge on any atom is -0.247 e. The zero-order valence-electron chi connectivity index (χ0n) is 8.16. The van der Waals surface area contributed by atoms with Crippen LogP contribution >= 0.6 is 0 Å². The summed E-state index contributed by atoms with van der Waals surface area (Å²) in [5.41, 5.74) is 0. The summed E-state index contributed by atoms with van der Waals surface area (Å²) >= 11 is 0. The average molecular weight is 200 g/mol. The van der Waals surface area contributed by atoms with Gasteiger partial charge in [-0.2, -0.15) is 13.2 Å². The van der Waals surface area contributed by atoms with E-state index in [1.165, 1.54) is 0 Å². The molecule has 0 aliphatic rings. The van der Waals surface area contributed by atoms with Crippen molar-refractivity contribution in [3.05, 3.63) is 0 Å². The van der Waals surface area contributed by atoms with Crippen LogP contribution in [0.1, 0.15) is 33.6 Å². The molecule has 0 heterocycles. The van der Waals surface area contributed by atoms with Gasteiger partial charge < -0.3 is 0 Å². The van der Waals surface area contributed by atoms with Gasteiger partial charge in [0.05, 0.1) is 5.92 Å². The maximum atomic E-state index is 13.0. The van der Waals surface area contributed by atoms with Crippen LogP contribution in [0.3, 0.4) is 0 Å². The van der Waals surface area contributed by atoms with E-state index >= 15 is 0 Å². The Morgan fingerprint density at radius 1 is 1.15 bits per heavy atom. The van der Waals surface area contributed by atoms with Crippen LogP contribution in [0, 0.1) is 11.8 Å². The molecular formula is C9H16F4. The summed E-state index contributed by atoms with van der Waals surface area (Å²) in [6.45, 7) is 4.50. The summed E-state index contributed by atoms with van der Waals surface area (Å²) in [6.07, 6.45) is -5.47. The van der Waals surface area contributed by atoms with Gasteiger partial charge in [-0.25, -0.2) is 4.39 Å². The van der Waals surface area contributed by atoms with E-state index in [1.807, 2.05) is 6.92 Å². The zero-order chi connectivity index (χ0) is 10.6.